The molecule has 4 aromatic rings. The van der Waals surface area contributed by atoms with Crippen LogP contribution in [0, 0.1) is 6.92 Å². The number of methoxy groups -OCH3 is 2. The van der Waals surface area contributed by atoms with Crippen LogP contribution in [0.3, 0.4) is 0 Å². The van der Waals surface area contributed by atoms with Gasteiger partial charge in [-0.3, -0.25) is 0 Å². The first-order valence-corrected chi connectivity index (χ1v) is 24.7. The normalized spacial score (nSPS) is 15.8. The van der Waals surface area contributed by atoms with Crippen LogP contribution in [0.15, 0.2) is 143 Å². The van der Waals surface area contributed by atoms with E-state index in [4.69, 9.17) is 17.8 Å². The van der Waals surface area contributed by atoms with Crippen LogP contribution >= 0.6 is 0 Å². The number of rotatable bonds is 20. The zero-order valence-electron chi connectivity index (χ0n) is 40.4. The van der Waals surface area contributed by atoms with E-state index in [1.807, 2.05) is 25.7 Å². The highest BCUT2D eigenvalue weighted by atomic mass is 32.2. The van der Waals surface area contributed by atoms with Crippen molar-refractivity contribution in [2.75, 3.05) is 38.9 Å². The molecule has 0 radical (unpaired) electrons. The predicted molar refractivity (Wildman–Crippen MR) is 254 cm³/mol. The Morgan fingerprint density at radius 3 is 1.60 bits per heavy atom. The summed E-state index contributed by atoms with van der Waals surface area (Å²) in [5.74, 6) is -1.78. The smallest absolute Gasteiger partial charge is 0.420 e. The maximum absolute atomic E-state index is 14.3. The first-order chi connectivity index (χ1) is 33.5. The number of carbonyl (C=O) groups excluding carboxylic acids is 2. The number of alkyl halides is 6. The third-order valence-corrected chi connectivity index (χ3v) is 14.2. The average molecular weight is 1050 g/mol. The average Bonchev–Trinajstić information content (AvgIpc) is 3.51. The van der Waals surface area contributed by atoms with Crippen LogP contribution in [0.1, 0.15) is 74.6 Å². The molecule has 0 aliphatic carbocycles. The zero-order valence-corrected chi connectivity index (χ0v) is 42.0. The van der Waals surface area contributed by atoms with Crippen LogP contribution in [0.4, 0.5) is 32.0 Å². The molecule has 388 valence electrons. The predicted octanol–water partition coefficient (Wildman–Crippen LogP) is 10.8. The zero-order chi connectivity index (χ0) is 53.6. The minimum atomic E-state index is -5.17. The van der Waals surface area contributed by atoms with Gasteiger partial charge in [-0.15, -0.1) is 0 Å². The number of hydrogen-bond donors (Lipinski definition) is 0. The summed E-state index contributed by atoms with van der Waals surface area (Å²) in [6, 6.07) is 15.8. The quantitative estimate of drug-likeness (QED) is 0.0271. The third-order valence-electron chi connectivity index (χ3n) is 11.6. The number of ether oxygens (including phenoxy) is 4. The van der Waals surface area contributed by atoms with Crippen molar-refractivity contribution in [3.63, 3.8) is 0 Å². The monoisotopic (exact) mass is 1050 g/mol. The molecule has 2 atom stereocenters. The van der Waals surface area contributed by atoms with Gasteiger partial charge >= 0.3 is 24.3 Å². The Morgan fingerprint density at radius 1 is 0.694 bits per heavy atom. The van der Waals surface area contributed by atoms with Crippen LogP contribution < -0.4 is 14.4 Å². The van der Waals surface area contributed by atoms with E-state index in [1.54, 1.807) is 51.2 Å². The van der Waals surface area contributed by atoms with Gasteiger partial charge in [-0.1, -0.05) is 88.9 Å². The van der Waals surface area contributed by atoms with Gasteiger partial charge in [-0.25, -0.2) is 18.0 Å². The summed E-state index contributed by atoms with van der Waals surface area (Å²) in [6.07, 6.45) is -7.57. The number of carbonyl (C=O) groups is 2. The third kappa shape index (κ3) is 13.3. The van der Waals surface area contributed by atoms with Gasteiger partial charge in [0.15, 0.2) is 12.2 Å². The molecule has 13 nitrogen and oxygen atoms in total. The summed E-state index contributed by atoms with van der Waals surface area (Å²) in [7, 11) is -7.55. The molecule has 1 aliphatic rings. The van der Waals surface area contributed by atoms with Crippen LogP contribution in [-0.4, -0.2) is 75.1 Å². The summed E-state index contributed by atoms with van der Waals surface area (Å²) in [6.45, 7) is 14.6. The van der Waals surface area contributed by atoms with Gasteiger partial charge in [0.25, 0.3) is 20.2 Å². The minimum absolute atomic E-state index is 0.0894. The van der Waals surface area contributed by atoms with Gasteiger partial charge in [0.05, 0.1) is 9.79 Å². The maximum atomic E-state index is 14.3. The van der Waals surface area contributed by atoms with Crippen molar-refractivity contribution in [1.29, 1.82) is 0 Å². The Kier molecular flexibility index (Phi) is 17.6. The second kappa shape index (κ2) is 22.3. The lowest BCUT2D eigenvalue weighted by atomic mass is 9.76. The molecule has 21 heteroatoms. The first-order valence-electron chi connectivity index (χ1n) is 21.8. The molecule has 0 fully saturated rings. The van der Waals surface area contributed by atoms with Crippen molar-refractivity contribution < 1.29 is 80.1 Å². The lowest BCUT2D eigenvalue weighted by Crippen LogP contribution is -2.27. The molecule has 0 bridgehead atoms. The molecule has 0 N–H and O–H groups in total. The van der Waals surface area contributed by atoms with Crippen molar-refractivity contribution in [2.24, 2.45) is 0 Å². The number of fused-ring (bicyclic) bond motifs is 1. The van der Waals surface area contributed by atoms with E-state index in [9.17, 15) is 52.8 Å². The number of hydrogen-bond acceptors (Lipinski definition) is 13. The van der Waals surface area contributed by atoms with E-state index < -0.39 is 102 Å². The molecule has 0 spiro atoms. The molecule has 1 aliphatic heterocycles. The molecule has 0 aromatic heterocycles. The lowest BCUT2D eigenvalue weighted by Gasteiger charge is -2.29. The number of nitrogens with zero attached hydrogens (tertiary/aromatic N) is 1. The molecule has 0 saturated carbocycles. The molecule has 1 heterocycles. The summed E-state index contributed by atoms with van der Waals surface area (Å²) in [5, 5.41) is 0. The SMILES string of the molecule is C=C(/C=C/C=C/C=C1/N(CC)c2ccc(S(=O)(=O)OC(c3ccc(OC(=O)COC)cc3)C(F)(F)F)cc2C1(C)C)C(C)(C)c1cc(S(=O)(=O)OC(c2ccc(OC(=O)COC)cc2)C(F)(F)F)ccc1C. The van der Waals surface area contributed by atoms with Gasteiger partial charge in [-0.2, -0.15) is 43.2 Å². The highest BCUT2D eigenvalue weighted by molar-refractivity contribution is 7.87. The van der Waals surface area contributed by atoms with E-state index >= 15 is 0 Å². The fourth-order valence-corrected chi connectivity index (χ4v) is 9.95. The number of allylic oxidation sites excluding steroid dienone is 7. The van der Waals surface area contributed by atoms with Crippen LogP contribution in [0.2, 0.25) is 0 Å². The van der Waals surface area contributed by atoms with Crippen LogP contribution in [0.5, 0.6) is 11.5 Å². The summed E-state index contributed by atoms with van der Waals surface area (Å²) >= 11 is 0. The van der Waals surface area contributed by atoms with E-state index in [1.165, 1.54) is 44.6 Å². The van der Waals surface area contributed by atoms with Gasteiger partial charge in [0.1, 0.15) is 24.7 Å². The second-order valence-corrected chi connectivity index (χ2v) is 20.5. The number of likely N-dealkylation sites (N-methyl/N-ethyl adjacent to an activating group) is 1. The maximum Gasteiger partial charge on any atom is 0.420 e. The van der Waals surface area contributed by atoms with E-state index in [2.05, 4.69) is 16.1 Å². The number of halogens is 6. The minimum Gasteiger partial charge on any atom is -0.425 e. The topological polar surface area (TPSA) is 161 Å². The van der Waals surface area contributed by atoms with Gasteiger partial charge in [-0.05, 0) is 108 Å². The van der Waals surface area contributed by atoms with Crippen LogP contribution in [0.25, 0.3) is 0 Å². The number of esters is 2. The van der Waals surface area contributed by atoms with E-state index in [0.29, 0.717) is 34.5 Å². The highest BCUT2D eigenvalue weighted by Gasteiger charge is 2.47. The molecule has 72 heavy (non-hydrogen) atoms. The summed E-state index contributed by atoms with van der Waals surface area (Å²) < 4.78 is 169. The highest BCUT2D eigenvalue weighted by Crippen LogP contribution is 2.49. The standard InChI is InChI=1S/C51H53F6NO12S2/c1-10-58-42-27-26-39(72(63,64)70-47(51(55,56)57)35-19-23-37(24-20-35)68-45(60)31-66-9)29-41(42)49(6,7)43(58)15-13-11-12-14-33(3)48(4,5)40-28-38(25-16-32(40)2)71(61,62)69-46(50(52,53)54)34-17-21-36(22-18-34)67-44(59)30-65-8/h11-29,46-47H,3,10,30-31H2,1-2,4-9H3/b13-11+,14-12+,43-15+. The Hall–Kier alpha value is -6.10. The molecular weight excluding hydrogens is 997 g/mol. The summed E-state index contributed by atoms with van der Waals surface area (Å²) in [4.78, 5) is 24.3. The lowest BCUT2D eigenvalue weighted by molar-refractivity contribution is -0.197. The number of benzene rings is 4. The fourth-order valence-electron chi connectivity index (χ4n) is 7.79. The molecule has 0 saturated heterocycles. The largest absolute Gasteiger partial charge is 0.425 e. The molecule has 2 unspecified atom stereocenters. The van der Waals surface area contributed by atoms with Crippen molar-refractivity contribution in [3.8, 4) is 11.5 Å². The van der Waals surface area contributed by atoms with Gasteiger partial charge in [0, 0.05) is 43.0 Å². The fraction of sp³-hybridized carbons (Fsp3) is 0.333. The molecule has 4 aromatic carbocycles. The van der Waals surface area contributed by atoms with Crippen molar-refractivity contribution in [1.82, 2.24) is 0 Å². The summed E-state index contributed by atoms with van der Waals surface area (Å²) in [5.41, 5.74) is 0.426. The number of anilines is 1. The Bertz CT molecular complexity index is 2960. The van der Waals surface area contributed by atoms with Gasteiger partial charge < -0.3 is 23.8 Å². The van der Waals surface area contributed by atoms with Crippen molar-refractivity contribution >= 4 is 37.9 Å². The Labute approximate surface area is 414 Å². The van der Waals surface area contributed by atoms with Crippen LogP contribution in [-0.2, 0) is 58.5 Å². The Balaban J connectivity index is 1.32. The molecule has 0 amide bonds. The number of aryl methyl sites for hydroxylation is 1. The van der Waals surface area contributed by atoms with E-state index in [0.717, 1.165) is 60.3 Å². The van der Waals surface area contributed by atoms with Crippen molar-refractivity contribution in [2.45, 2.75) is 86.7 Å². The Morgan fingerprint density at radius 2 is 1.15 bits per heavy atom. The first kappa shape index (κ1) is 56.8. The van der Waals surface area contributed by atoms with Crippen molar-refractivity contribution in [3.05, 3.63) is 161 Å². The second-order valence-electron chi connectivity index (χ2n) is 17.4. The molecular formula is C51H53F6NO12S2. The molecule has 5 rings (SSSR count). The van der Waals surface area contributed by atoms with Gasteiger partial charge in [0.2, 0.25) is 0 Å². The van der Waals surface area contributed by atoms with E-state index in [-0.39, 0.29) is 11.5 Å².